The van der Waals surface area contributed by atoms with Crippen molar-refractivity contribution in [3.63, 3.8) is 0 Å². The van der Waals surface area contributed by atoms with Gasteiger partial charge in [-0.25, -0.2) is 14.8 Å². The zero-order valence-electron chi connectivity index (χ0n) is 15.0. The molecule has 3 rings (SSSR count). The molecule has 0 radical (unpaired) electrons. The van der Waals surface area contributed by atoms with E-state index in [0.29, 0.717) is 6.54 Å². The molecular formula is C19H23N5OS. The summed E-state index contributed by atoms with van der Waals surface area (Å²) in [6.45, 7) is 5.53. The molecule has 6 nitrogen and oxygen atoms in total. The lowest BCUT2D eigenvalue weighted by molar-refractivity contribution is 0.252. The first-order valence-electron chi connectivity index (χ1n) is 8.73. The van der Waals surface area contributed by atoms with Crippen LogP contribution < -0.4 is 10.6 Å². The first-order valence-corrected chi connectivity index (χ1v) is 9.61. The van der Waals surface area contributed by atoms with E-state index < -0.39 is 0 Å². The molecule has 136 valence electrons. The Kier molecular flexibility index (Phi) is 6.01. The summed E-state index contributed by atoms with van der Waals surface area (Å²) in [7, 11) is 0. The smallest absolute Gasteiger partial charge is 0.319 e. The van der Waals surface area contributed by atoms with Gasteiger partial charge in [0.1, 0.15) is 5.82 Å². The van der Waals surface area contributed by atoms with E-state index in [1.165, 1.54) is 0 Å². The molecule has 0 fully saturated rings. The van der Waals surface area contributed by atoms with Crippen molar-refractivity contribution >= 4 is 23.1 Å². The highest BCUT2D eigenvalue weighted by Crippen LogP contribution is 2.24. The molecular weight excluding hydrogens is 346 g/mol. The minimum absolute atomic E-state index is 0.196. The molecule has 0 unspecified atom stereocenters. The third-order valence-corrected chi connectivity index (χ3v) is 4.79. The average molecular weight is 369 g/mol. The maximum absolute atomic E-state index is 12.1. The number of carbonyl (C=O) groups is 1. The minimum Gasteiger partial charge on any atom is -0.338 e. The van der Waals surface area contributed by atoms with Gasteiger partial charge in [0.05, 0.1) is 10.7 Å². The van der Waals surface area contributed by atoms with E-state index in [4.69, 9.17) is 0 Å². The molecule has 2 aromatic heterocycles. The summed E-state index contributed by atoms with van der Waals surface area (Å²) >= 11 is 1.62. The second-order valence-electron chi connectivity index (χ2n) is 5.96. The van der Waals surface area contributed by atoms with Gasteiger partial charge < -0.3 is 15.2 Å². The number of benzene rings is 1. The Bertz CT molecular complexity index is 870. The topological polar surface area (TPSA) is 71.8 Å². The number of hydrogen-bond acceptors (Lipinski definition) is 4. The van der Waals surface area contributed by atoms with E-state index in [0.717, 1.165) is 47.2 Å². The second-order valence-corrected chi connectivity index (χ2v) is 7.02. The van der Waals surface area contributed by atoms with Crippen LogP contribution in [0, 0.1) is 6.92 Å². The standard InChI is InChI=1S/C19H23N5OS/c1-3-18-20-9-11-24(18)10-5-8-21-19(25)23-16-7-4-6-15(12-16)17-13-26-14(2)22-17/h4,6-7,9,11-13H,3,5,8,10H2,1-2H3,(H2,21,23,25). The quantitative estimate of drug-likeness (QED) is 0.616. The molecule has 0 spiro atoms. The Morgan fingerprint density at radius 3 is 3.00 bits per heavy atom. The average Bonchev–Trinajstić information content (AvgIpc) is 3.27. The number of anilines is 1. The van der Waals surface area contributed by atoms with Crippen LogP contribution in [0.25, 0.3) is 11.3 Å². The summed E-state index contributed by atoms with van der Waals surface area (Å²) < 4.78 is 2.12. The molecule has 0 atom stereocenters. The molecule has 0 saturated carbocycles. The van der Waals surface area contributed by atoms with Crippen LogP contribution in [0.3, 0.4) is 0 Å². The minimum atomic E-state index is -0.196. The number of hydrogen-bond donors (Lipinski definition) is 2. The number of nitrogens with one attached hydrogen (secondary N) is 2. The number of aromatic nitrogens is 3. The Balaban J connectivity index is 1.47. The van der Waals surface area contributed by atoms with Gasteiger partial charge in [0.15, 0.2) is 0 Å². The van der Waals surface area contributed by atoms with E-state index in [1.807, 2.05) is 49.0 Å². The molecule has 0 saturated heterocycles. The van der Waals surface area contributed by atoms with Crippen molar-refractivity contribution in [2.45, 2.75) is 33.2 Å². The number of rotatable bonds is 7. The van der Waals surface area contributed by atoms with Gasteiger partial charge in [-0.3, -0.25) is 0 Å². The lowest BCUT2D eigenvalue weighted by Crippen LogP contribution is -2.30. The monoisotopic (exact) mass is 369 g/mol. The molecule has 0 aliphatic heterocycles. The Morgan fingerprint density at radius 1 is 1.35 bits per heavy atom. The Morgan fingerprint density at radius 2 is 2.23 bits per heavy atom. The van der Waals surface area contributed by atoms with Gasteiger partial charge >= 0.3 is 6.03 Å². The van der Waals surface area contributed by atoms with Crippen LogP contribution in [0.5, 0.6) is 0 Å². The number of urea groups is 1. The van der Waals surface area contributed by atoms with Crippen LogP contribution in [-0.2, 0) is 13.0 Å². The predicted molar refractivity (Wildman–Crippen MR) is 106 cm³/mol. The Labute approximate surface area is 157 Å². The van der Waals surface area contributed by atoms with Gasteiger partial charge in [0, 0.05) is 48.5 Å². The molecule has 1 aromatic carbocycles. The fourth-order valence-corrected chi connectivity index (χ4v) is 3.36. The zero-order valence-corrected chi connectivity index (χ0v) is 15.8. The zero-order chi connectivity index (χ0) is 18.4. The van der Waals surface area contributed by atoms with Gasteiger partial charge in [-0.05, 0) is 25.5 Å². The number of nitrogens with zero attached hydrogens (tertiary/aromatic N) is 3. The van der Waals surface area contributed by atoms with Crippen molar-refractivity contribution in [3.8, 4) is 11.3 Å². The highest BCUT2D eigenvalue weighted by atomic mass is 32.1. The number of amides is 2. The molecule has 26 heavy (non-hydrogen) atoms. The first kappa shape index (κ1) is 18.1. The molecule has 3 aromatic rings. The van der Waals surface area contributed by atoms with E-state index in [1.54, 1.807) is 11.3 Å². The summed E-state index contributed by atoms with van der Waals surface area (Å²) in [6.07, 6.45) is 5.56. The van der Waals surface area contributed by atoms with Crippen molar-refractivity contribution < 1.29 is 4.79 Å². The summed E-state index contributed by atoms with van der Waals surface area (Å²) in [5.74, 6) is 1.07. The predicted octanol–water partition coefficient (Wildman–Crippen LogP) is 4.09. The second kappa shape index (κ2) is 8.62. The van der Waals surface area contributed by atoms with E-state index in [-0.39, 0.29) is 6.03 Å². The van der Waals surface area contributed by atoms with Crippen molar-refractivity contribution in [3.05, 3.63) is 52.9 Å². The van der Waals surface area contributed by atoms with Crippen molar-refractivity contribution in [2.75, 3.05) is 11.9 Å². The van der Waals surface area contributed by atoms with Crippen molar-refractivity contribution in [1.29, 1.82) is 0 Å². The maximum Gasteiger partial charge on any atom is 0.319 e. The molecule has 2 heterocycles. The molecule has 0 aliphatic rings. The van der Waals surface area contributed by atoms with E-state index in [9.17, 15) is 4.79 Å². The Hall–Kier alpha value is -2.67. The highest BCUT2D eigenvalue weighted by Gasteiger charge is 2.06. The summed E-state index contributed by atoms with van der Waals surface area (Å²) in [5, 5.41) is 8.83. The van der Waals surface area contributed by atoms with Crippen LogP contribution in [-0.4, -0.2) is 27.1 Å². The lowest BCUT2D eigenvalue weighted by atomic mass is 10.1. The van der Waals surface area contributed by atoms with Crippen molar-refractivity contribution in [2.24, 2.45) is 0 Å². The fraction of sp³-hybridized carbons (Fsp3) is 0.316. The molecule has 2 N–H and O–H groups in total. The van der Waals surface area contributed by atoms with Gasteiger partial charge in [-0.1, -0.05) is 19.1 Å². The van der Waals surface area contributed by atoms with E-state index >= 15 is 0 Å². The molecule has 7 heteroatoms. The summed E-state index contributed by atoms with van der Waals surface area (Å²) in [5.41, 5.74) is 2.69. The lowest BCUT2D eigenvalue weighted by Gasteiger charge is -2.10. The van der Waals surface area contributed by atoms with Gasteiger partial charge in [0.25, 0.3) is 0 Å². The SMILES string of the molecule is CCc1nccn1CCCNC(=O)Nc1cccc(-c2csc(C)n2)c1. The number of aryl methyl sites for hydroxylation is 3. The third-order valence-electron chi connectivity index (χ3n) is 4.01. The van der Waals surface area contributed by atoms with Gasteiger partial charge in [-0.2, -0.15) is 0 Å². The van der Waals surface area contributed by atoms with Crippen LogP contribution in [0.2, 0.25) is 0 Å². The van der Waals surface area contributed by atoms with E-state index in [2.05, 4.69) is 32.1 Å². The molecule has 0 aliphatic carbocycles. The number of carbonyl (C=O) groups excluding carboxylic acids is 1. The summed E-state index contributed by atoms with van der Waals surface area (Å²) in [4.78, 5) is 20.9. The molecule has 2 amide bonds. The largest absolute Gasteiger partial charge is 0.338 e. The fourth-order valence-electron chi connectivity index (χ4n) is 2.74. The van der Waals surface area contributed by atoms with Crippen LogP contribution >= 0.6 is 11.3 Å². The van der Waals surface area contributed by atoms with Crippen LogP contribution in [0.15, 0.2) is 42.0 Å². The van der Waals surface area contributed by atoms with Gasteiger partial charge in [-0.15, -0.1) is 11.3 Å². The highest BCUT2D eigenvalue weighted by molar-refractivity contribution is 7.09. The van der Waals surface area contributed by atoms with Crippen LogP contribution in [0.4, 0.5) is 10.5 Å². The summed E-state index contributed by atoms with van der Waals surface area (Å²) in [6, 6.07) is 7.53. The first-order chi connectivity index (χ1) is 12.7. The number of imidazole rings is 1. The van der Waals surface area contributed by atoms with Crippen molar-refractivity contribution in [1.82, 2.24) is 19.9 Å². The third kappa shape index (κ3) is 4.70. The number of thiazole rings is 1. The van der Waals surface area contributed by atoms with Gasteiger partial charge in [0.2, 0.25) is 0 Å². The normalized spacial score (nSPS) is 10.7. The van der Waals surface area contributed by atoms with Crippen LogP contribution in [0.1, 0.15) is 24.2 Å². The molecule has 0 bridgehead atoms. The maximum atomic E-state index is 12.1.